The van der Waals surface area contributed by atoms with E-state index in [1.807, 2.05) is 19.9 Å². The first-order chi connectivity index (χ1) is 8.00. The topological polar surface area (TPSA) is 43.1 Å². The quantitative estimate of drug-likeness (QED) is 0.662. The molecule has 0 fully saturated rings. The minimum absolute atomic E-state index is 0.0187. The molecule has 88 valence electrons. The molecule has 2 nitrogen and oxygen atoms in total. The monoisotopic (exact) mass is 265 g/mol. The highest BCUT2D eigenvalue weighted by molar-refractivity contribution is 7.18. The molecular formula is C13H12ClNOS. The Morgan fingerprint density at radius 3 is 2.65 bits per heavy atom. The molecule has 1 aromatic carbocycles. The lowest BCUT2D eigenvalue weighted by atomic mass is 10.0. The summed E-state index contributed by atoms with van der Waals surface area (Å²) in [5.74, 6) is -0.0187. The summed E-state index contributed by atoms with van der Waals surface area (Å²) in [5.41, 5.74) is 8.82. The molecule has 0 spiro atoms. The van der Waals surface area contributed by atoms with Crippen LogP contribution in [0.2, 0.25) is 4.34 Å². The number of nitrogens with two attached hydrogens (primary N) is 1. The lowest BCUT2D eigenvalue weighted by Gasteiger charge is -2.05. The second kappa shape index (κ2) is 4.51. The van der Waals surface area contributed by atoms with Gasteiger partial charge in [-0.3, -0.25) is 4.79 Å². The van der Waals surface area contributed by atoms with Gasteiger partial charge >= 0.3 is 0 Å². The number of aryl methyl sites for hydroxylation is 1. The number of carbonyl (C=O) groups is 1. The molecule has 0 atom stereocenters. The van der Waals surface area contributed by atoms with E-state index in [4.69, 9.17) is 17.3 Å². The molecule has 2 N–H and O–H groups in total. The summed E-state index contributed by atoms with van der Waals surface area (Å²) in [6.45, 7) is 3.74. The number of ketones is 1. The van der Waals surface area contributed by atoms with Crippen LogP contribution < -0.4 is 5.73 Å². The van der Waals surface area contributed by atoms with Crippen molar-refractivity contribution in [3.05, 3.63) is 50.2 Å². The summed E-state index contributed by atoms with van der Waals surface area (Å²) in [6, 6.07) is 7.19. The van der Waals surface area contributed by atoms with E-state index in [1.165, 1.54) is 11.3 Å². The van der Waals surface area contributed by atoms with Crippen LogP contribution in [0.15, 0.2) is 24.3 Å². The smallest absolute Gasteiger partial charge is 0.203 e. The van der Waals surface area contributed by atoms with Crippen LogP contribution in [0.25, 0.3) is 0 Å². The van der Waals surface area contributed by atoms with Crippen molar-refractivity contribution in [1.29, 1.82) is 0 Å². The van der Waals surface area contributed by atoms with Crippen molar-refractivity contribution in [2.24, 2.45) is 0 Å². The number of nitrogen functional groups attached to an aromatic ring is 1. The van der Waals surface area contributed by atoms with E-state index in [2.05, 4.69) is 0 Å². The normalized spacial score (nSPS) is 10.5. The number of halogens is 1. The van der Waals surface area contributed by atoms with Gasteiger partial charge in [0.25, 0.3) is 0 Å². The Morgan fingerprint density at radius 2 is 2.06 bits per heavy atom. The van der Waals surface area contributed by atoms with Crippen LogP contribution in [0.1, 0.15) is 26.4 Å². The van der Waals surface area contributed by atoms with E-state index in [0.29, 0.717) is 20.5 Å². The zero-order chi connectivity index (χ0) is 12.6. The lowest BCUT2D eigenvalue weighted by Crippen LogP contribution is -2.03. The molecule has 0 amide bonds. The van der Waals surface area contributed by atoms with Gasteiger partial charge in [0.1, 0.15) is 0 Å². The Hall–Kier alpha value is -1.32. The Bertz CT molecular complexity index is 570. The first-order valence-electron chi connectivity index (χ1n) is 5.16. The SMILES string of the molecule is Cc1cc(C(=O)c2cccc(N)c2C)sc1Cl. The molecule has 2 aromatic rings. The molecule has 1 aromatic heterocycles. The highest BCUT2D eigenvalue weighted by atomic mass is 35.5. The highest BCUT2D eigenvalue weighted by Gasteiger charge is 2.16. The lowest BCUT2D eigenvalue weighted by molar-refractivity contribution is 0.104. The number of anilines is 1. The number of benzene rings is 1. The molecule has 0 bridgehead atoms. The van der Waals surface area contributed by atoms with Crippen molar-refractivity contribution in [1.82, 2.24) is 0 Å². The molecule has 0 saturated carbocycles. The maximum atomic E-state index is 12.3. The van der Waals surface area contributed by atoms with Crippen molar-refractivity contribution in [2.75, 3.05) is 5.73 Å². The van der Waals surface area contributed by atoms with Gasteiger partial charge in [-0.2, -0.15) is 0 Å². The van der Waals surface area contributed by atoms with Crippen molar-refractivity contribution in [2.45, 2.75) is 13.8 Å². The van der Waals surface area contributed by atoms with Gasteiger partial charge in [0.2, 0.25) is 5.78 Å². The number of rotatable bonds is 2. The molecule has 1 heterocycles. The molecule has 0 radical (unpaired) electrons. The first-order valence-corrected chi connectivity index (χ1v) is 6.36. The molecule has 0 aliphatic carbocycles. The van der Waals surface area contributed by atoms with E-state index in [9.17, 15) is 4.79 Å². The van der Waals surface area contributed by atoms with Gasteiger partial charge in [0, 0.05) is 11.3 Å². The summed E-state index contributed by atoms with van der Waals surface area (Å²) < 4.78 is 0.662. The van der Waals surface area contributed by atoms with Crippen molar-refractivity contribution in [3.63, 3.8) is 0 Å². The molecule has 0 aliphatic heterocycles. The third-order valence-electron chi connectivity index (χ3n) is 2.70. The second-order valence-electron chi connectivity index (χ2n) is 3.92. The summed E-state index contributed by atoms with van der Waals surface area (Å²) in [6.07, 6.45) is 0. The fourth-order valence-electron chi connectivity index (χ4n) is 1.60. The van der Waals surface area contributed by atoms with Gasteiger partial charge in [0.05, 0.1) is 9.21 Å². The first kappa shape index (κ1) is 12.1. The predicted octanol–water partition coefficient (Wildman–Crippen LogP) is 3.83. The molecule has 0 unspecified atom stereocenters. The zero-order valence-electron chi connectivity index (χ0n) is 9.58. The van der Waals surface area contributed by atoms with Crippen LogP contribution >= 0.6 is 22.9 Å². The Kier molecular flexibility index (Phi) is 3.22. The van der Waals surface area contributed by atoms with Gasteiger partial charge in [-0.1, -0.05) is 23.7 Å². The van der Waals surface area contributed by atoms with Gasteiger partial charge < -0.3 is 5.73 Å². The van der Waals surface area contributed by atoms with Gasteiger partial charge in [0.15, 0.2) is 0 Å². The molecule has 0 aliphatic rings. The number of hydrogen-bond acceptors (Lipinski definition) is 3. The van der Waals surface area contributed by atoms with E-state index in [0.717, 1.165) is 11.1 Å². The molecule has 4 heteroatoms. The fourth-order valence-corrected chi connectivity index (χ4v) is 2.76. The Morgan fingerprint density at radius 1 is 1.35 bits per heavy atom. The van der Waals surface area contributed by atoms with Gasteiger partial charge in [-0.05, 0) is 37.1 Å². The van der Waals surface area contributed by atoms with Gasteiger partial charge in [-0.25, -0.2) is 0 Å². The van der Waals surface area contributed by atoms with Crippen LogP contribution in [0.5, 0.6) is 0 Å². The zero-order valence-corrected chi connectivity index (χ0v) is 11.2. The van der Waals surface area contributed by atoms with Crippen LogP contribution in [0.3, 0.4) is 0 Å². The number of hydrogen-bond donors (Lipinski definition) is 1. The maximum absolute atomic E-state index is 12.3. The average Bonchev–Trinajstić information content (AvgIpc) is 2.62. The third kappa shape index (κ3) is 2.21. The van der Waals surface area contributed by atoms with Crippen LogP contribution in [0.4, 0.5) is 5.69 Å². The van der Waals surface area contributed by atoms with Crippen LogP contribution in [0, 0.1) is 13.8 Å². The van der Waals surface area contributed by atoms with E-state index >= 15 is 0 Å². The largest absolute Gasteiger partial charge is 0.398 e. The third-order valence-corrected chi connectivity index (χ3v) is 4.26. The average molecular weight is 266 g/mol. The summed E-state index contributed by atoms with van der Waals surface area (Å²) >= 11 is 7.28. The van der Waals surface area contributed by atoms with Crippen LogP contribution in [-0.2, 0) is 0 Å². The number of carbonyl (C=O) groups excluding carboxylic acids is 1. The minimum Gasteiger partial charge on any atom is -0.398 e. The Labute approximate surface area is 109 Å². The predicted molar refractivity (Wildman–Crippen MR) is 73.1 cm³/mol. The standard InChI is InChI=1S/C13H12ClNOS/c1-7-6-11(17-13(7)14)12(16)9-4-3-5-10(15)8(9)2/h3-6H,15H2,1-2H3. The van der Waals surface area contributed by atoms with E-state index < -0.39 is 0 Å². The number of thiophene rings is 1. The summed E-state index contributed by atoms with van der Waals surface area (Å²) in [7, 11) is 0. The fraction of sp³-hybridized carbons (Fsp3) is 0.154. The van der Waals surface area contributed by atoms with Gasteiger partial charge in [-0.15, -0.1) is 11.3 Å². The maximum Gasteiger partial charge on any atom is 0.203 e. The second-order valence-corrected chi connectivity index (χ2v) is 5.57. The minimum atomic E-state index is -0.0187. The molecule has 2 rings (SSSR count). The van der Waals surface area contributed by atoms with E-state index in [-0.39, 0.29) is 5.78 Å². The molecular weight excluding hydrogens is 254 g/mol. The van der Waals surface area contributed by atoms with Crippen LogP contribution in [-0.4, -0.2) is 5.78 Å². The highest BCUT2D eigenvalue weighted by Crippen LogP contribution is 2.29. The molecule has 0 saturated heterocycles. The van der Waals surface area contributed by atoms with Crippen molar-refractivity contribution < 1.29 is 4.79 Å². The molecule has 17 heavy (non-hydrogen) atoms. The van der Waals surface area contributed by atoms with E-state index in [1.54, 1.807) is 18.2 Å². The summed E-state index contributed by atoms with van der Waals surface area (Å²) in [4.78, 5) is 12.9. The Balaban J connectivity index is 2.47. The van der Waals surface area contributed by atoms with Crippen molar-refractivity contribution >= 4 is 34.4 Å². The van der Waals surface area contributed by atoms with Crippen molar-refractivity contribution in [3.8, 4) is 0 Å². The summed E-state index contributed by atoms with van der Waals surface area (Å²) in [5, 5.41) is 0.